The van der Waals surface area contributed by atoms with E-state index in [9.17, 15) is 0 Å². The summed E-state index contributed by atoms with van der Waals surface area (Å²) >= 11 is 0. The minimum absolute atomic E-state index is 0.664. The van der Waals surface area contributed by atoms with Crippen LogP contribution in [0.3, 0.4) is 0 Å². The van der Waals surface area contributed by atoms with Crippen LogP contribution in [-0.4, -0.2) is 0 Å². The summed E-state index contributed by atoms with van der Waals surface area (Å²) in [7, 11) is 0. The van der Waals surface area contributed by atoms with Crippen LogP contribution in [0.15, 0.2) is 24.3 Å². The Morgan fingerprint density at radius 3 is 2.60 bits per heavy atom. The van der Waals surface area contributed by atoms with Gasteiger partial charge in [-0.1, -0.05) is 44.0 Å². The fraction of sp³-hybridized carbons (Fsp3) is 0.571. The van der Waals surface area contributed by atoms with Crippen molar-refractivity contribution in [2.75, 3.05) is 0 Å². The van der Waals surface area contributed by atoms with E-state index in [0.717, 1.165) is 11.8 Å². The highest BCUT2D eigenvalue weighted by Gasteiger charge is 2.19. The second-order valence-electron chi connectivity index (χ2n) is 4.91. The average Bonchev–Trinajstić information content (AvgIpc) is 2.30. The number of rotatable bonds is 2. The highest BCUT2D eigenvalue weighted by atomic mass is 14.5. The minimum Gasteiger partial charge on any atom is -0.326 e. The Hall–Kier alpha value is -0.820. The Kier molecular flexibility index (Phi) is 3.42. The molecule has 15 heavy (non-hydrogen) atoms. The Morgan fingerprint density at radius 1 is 1.20 bits per heavy atom. The summed E-state index contributed by atoms with van der Waals surface area (Å²) in [5.41, 5.74) is 8.44. The minimum atomic E-state index is 0.664. The van der Waals surface area contributed by atoms with Gasteiger partial charge in [-0.05, 0) is 35.8 Å². The maximum atomic E-state index is 5.67. The Balaban J connectivity index is 2.08. The summed E-state index contributed by atoms with van der Waals surface area (Å²) in [4.78, 5) is 0. The van der Waals surface area contributed by atoms with Gasteiger partial charge in [0.1, 0.15) is 0 Å². The van der Waals surface area contributed by atoms with Crippen LogP contribution in [0.1, 0.15) is 49.7 Å². The molecule has 0 bridgehead atoms. The lowest BCUT2D eigenvalue weighted by molar-refractivity contribution is 0.348. The van der Waals surface area contributed by atoms with Crippen molar-refractivity contribution < 1.29 is 0 Å². The second-order valence-corrected chi connectivity index (χ2v) is 4.91. The fourth-order valence-corrected chi connectivity index (χ4v) is 2.57. The van der Waals surface area contributed by atoms with Crippen LogP contribution < -0.4 is 5.73 Å². The zero-order valence-electron chi connectivity index (χ0n) is 9.58. The summed E-state index contributed by atoms with van der Waals surface area (Å²) in [6.07, 6.45) is 5.49. The first-order chi connectivity index (χ1) is 7.29. The Bertz CT molecular complexity index is 311. The van der Waals surface area contributed by atoms with Crippen molar-refractivity contribution in [3.05, 3.63) is 35.4 Å². The van der Waals surface area contributed by atoms with Gasteiger partial charge in [0, 0.05) is 6.54 Å². The van der Waals surface area contributed by atoms with E-state index in [1.54, 1.807) is 0 Å². The molecule has 1 aromatic carbocycles. The molecule has 0 saturated heterocycles. The van der Waals surface area contributed by atoms with Crippen LogP contribution in [0.5, 0.6) is 0 Å². The van der Waals surface area contributed by atoms with Crippen LogP contribution in [0, 0.1) is 5.92 Å². The number of hydrogen-bond acceptors (Lipinski definition) is 1. The van der Waals surface area contributed by atoms with Gasteiger partial charge in [-0.3, -0.25) is 0 Å². The van der Waals surface area contributed by atoms with Crippen molar-refractivity contribution >= 4 is 0 Å². The monoisotopic (exact) mass is 203 g/mol. The Morgan fingerprint density at radius 2 is 1.93 bits per heavy atom. The summed E-state index contributed by atoms with van der Waals surface area (Å²) in [6.45, 7) is 3.03. The predicted octanol–water partition coefficient (Wildman–Crippen LogP) is 3.44. The molecule has 1 heteroatoms. The largest absolute Gasteiger partial charge is 0.326 e. The molecule has 0 unspecified atom stereocenters. The maximum Gasteiger partial charge on any atom is 0.0178 e. The molecule has 1 fully saturated rings. The fourth-order valence-electron chi connectivity index (χ4n) is 2.57. The molecule has 2 N–H and O–H groups in total. The number of benzene rings is 1. The van der Waals surface area contributed by atoms with Crippen LogP contribution in [0.25, 0.3) is 0 Å². The highest BCUT2D eigenvalue weighted by Crippen LogP contribution is 2.35. The van der Waals surface area contributed by atoms with Crippen molar-refractivity contribution in [2.45, 2.75) is 45.1 Å². The third-order valence-electron chi connectivity index (χ3n) is 3.67. The summed E-state index contributed by atoms with van der Waals surface area (Å²) in [5, 5.41) is 0. The molecule has 0 spiro atoms. The molecule has 1 aromatic rings. The van der Waals surface area contributed by atoms with Gasteiger partial charge in [0.2, 0.25) is 0 Å². The van der Waals surface area contributed by atoms with Gasteiger partial charge in [0.25, 0.3) is 0 Å². The first kappa shape index (κ1) is 10.7. The van der Waals surface area contributed by atoms with Gasteiger partial charge < -0.3 is 5.73 Å². The zero-order valence-corrected chi connectivity index (χ0v) is 9.58. The average molecular weight is 203 g/mol. The summed E-state index contributed by atoms with van der Waals surface area (Å²) < 4.78 is 0. The molecule has 0 heterocycles. The van der Waals surface area contributed by atoms with Crippen LogP contribution in [0.4, 0.5) is 0 Å². The summed E-state index contributed by atoms with van der Waals surface area (Å²) in [6, 6.07) is 8.82. The molecule has 0 amide bonds. The molecule has 0 aliphatic heterocycles. The van der Waals surface area contributed by atoms with E-state index in [0.29, 0.717) is 6.54 Å². The molecular weight excluding hydrogens is 182 g/mol. The third kappa shape index (κ3) is 2.60. The van der Waals surface area contributed by atoms with Crippen LogP contribution in [0.2, 0.25) is 0 Å². The molecule has 82 valence electrons. The van der Waals surface area contributed by atoms with Crippen molar-refractivity contribution in [3.8, 4) is 0 Å². The molecule has 1 aliphatic rings. The lowest BCUT2D eigenvalue weighted by Crippen LogP contribution is -2.11. The highest BCUT2D eigenvalue weighted by molar-refractivity contribution is 5.26. The van der Waals surface area contributed by atoms with Crippen molar-refractivity contribution in [2.24, 2.45) is 11.7 Å². The van der Waals surface area contributed by atoms with Gasteiger partial charge in [-0.2, -0.15) is 0 Å². The van der Waals surface area contributed by atoms with Gasteiger partial charge in [0.15, 0.2) is 0 Å². The van der Waals surface area contributed by atoms with Gasteiger partial charge >= 0.3 is 0 Å². The van der Waals surface area contributed by atoms with E-state index in [1.807, 2.05) is 0 Å². The van der Waals surface area contributed by atoms with Gasteiger partial charge in [-0.25, -0.2) is 0 Å². The Labute approximate surface area is 92.7 Å². The molecule has 2 rings (SSSR count). The van der Waals surface area contributed by atoms with E-state index >= 15 is 0 Å². The van der Waals surface area contributed by atoms with Crippen molar-refractivity contribution in [1.82, 2.24) is 0 Å². The van der Waals surface area contributed by atoms with Gasteiger partial charge in [0.05, 0.1) is 0 Å². The van der Waals surface area contributed by atoms with Crippen molar-refractivity contribution in [1.29, 1.82) is 0 Å². The number of nitrogens with two attached hydrogens (primary N) is 1. The standard InChI is InChI=1S/C14H21N/c1-11-5-7-13(8-6-11)14-4-2-3-12(9-14)10-15/h2-4,9,11,13H,5-8,10,15H2,1H3. The molecule has 0 radical (unpaired) electrons. The second kappa shape index (κ2) is 4.80. The smallest absolute Gasteiger partial charge is 0.0178 e. The van der Waals surface area contributed by atoms with Crippen LogP contribution >= 0.6 is 0 Å². The SMILES string of the molecule is CC1CCC(c2cccc(CN)c2)CC1. The normalized spacial score (nSPS) is 26.5. The van der Waals surface area contributed by atoms with Gasteiger partial charge in [-0.15, -0.1) is 0 Å². The van der Waals surface area contributed by atoms with E-state index < -0.39 is 0 Å². The van der Waals surface area contributed by atoms with Crippen LogP contribution in [-0.2, 0) is 6.54 Å². The lowest BCUT2D eigenvalue weighted by atomic mass is 9.79. The quantitative estimate of drug-likeness (QED) is 0.783. The first-order valence-corrected chi connectivity index (χ1v) is 6.08. The molecule has 0 aromatic heterocycles. The topological polar surface area (TPSA) is 26.0 Å². The third-order valence-corrected chi connectivity index (χ3v) is 3.67. The summed E-state index contributed by atoms with van der Waals surface area (Å²) in [5.74, 6) is 1.71. The van der Waals surface area contributed by atoms with E-state index in [2.05, 4.69) is 31.2 Å². The number of hydrogen-bond donors (Lipinski definition) is 1. The van der Waals surface area contributed by atoms with E-state index in [4.69, 9.17) is 5.73 Å². The van der Waals surface area contributed by atoms with E-state index in [-0.39, 0.29) is 0 Å². The maximum absolute atomic E-state index is 5.67. The van der Waals surface area contributed by atoms with E-state index in [1.165, 1.54) is 36.8 Å². The molecule has 1 nitrogen and oxygen atoms in total. The van der Waals surface area contributed by atoms with Crippen molar-refractivity contribution in [3.63, 3.8) is 0 Å². The molecule has 1 aliphatic carbocycles. The lowest BCUT2D eigenvalue weighted by Gasteiger charge is -2.26. The molecule has 0 atom stereocenters. The molecule has 1 saturated carbocycles. The zero-order chi connectivity index (χ0) is 10.7. The molecular formula is C14H21N. The predicted molar refractivity (Wildman–Crippen MR) is 64.7 cm³/mol. The first-order valence-electron chi connectivity index (χ1n) is 6.08.